The topological polar surface area (TPSA) is 21.3 Å². The van der Waals surface area contributed by atoms with Crippen LogP contribution in [0.5, 0.6) is 5.75 Å². The first-order chi connectivity index (χ1) is 10.2. The first kappa shape index (κ1) is 15.8. The van der Waals surface area contributed by atoms with Gasteiger partial charge in [0.1, 0.15) is 11.6 Å². The molecule has 0 aliphatic rings. The number of benzene rings is 2. The fourth-order valence-corrected chi connectivity index (χ4v) is 2.50. The van der Waals surface area contributed by atoms with E-state index in [4.69, 9.17) is 16.3 Å². The number of para-hydroxylation sites is 1. The van der Waals surface area contributed by atoms with Crippen molar-refractivity contribution in [3.05, 3.63) is 64.4 Å². The van der Waals surface area contributed by atoms with E-state index in [1.165, 1.54) is 6.07 Å². The maximum absolute atomic E-state index is 13.4. The average molecular weight is 308 g/mol. The molecule has 0 bridgehead atoms. The van der Waals surface area contributed by atoms with E-state index < -0.39 is 5.82 Å². The third-order valence-corrected chi connectivity index (χ3v) is 3.50. The molecule has 1 N–H and O–H groups in total. The molecule has 0 aliphatic heterocycles. The van der Waals surface area contributed by atoms with E-state index in [0.717, 1.165) is 23.4 Å². The number of nitrogens with one attached hydrogen (secondary N) is 1. The molecule has 112 valence electrons. The summed E-state index contributed by atoms with van der Waals surface area (Å²) >= 11 is 5.91. The Balaban J connectivity index is 2.45. The van der Waals surface area contributed by atoms with Gasteiger partial charge in [0.2, 0.25) is 0 Å². The fourth-order valence-electron chi connectivity index (χ4n) is 2.31. The summed E-state index contributed by atoms with van der Waals surface area (Å²) in [6, 6.07) is 12.6. The summed E-state index contributed by atoms with van der Waals surface area (Å²) in [5, 5.41) is 3.53. The fraction of sp³-hybridized carbons (Fsp3) is 0.294. The molecule has 1 atom stereocenters. The van der Waals surface area contributed by atoms with Crippen molar-refractivity contribution in [3.63, 3.8) is 0 Å². The largest absolute Gasteiger partial charge is 0.494 e. The molecular weight excluding hydrogens is 289 g/mol. The average Bonchev–Trinajstić information content (AvgIpc) is 2.49. The quantitative estimate of drug-likeness (QED) is 0.843. The summed E-state index contributed by atoms with van der Waals surface area (Å²) in [5.74, 6) is 0.417. The number of ether oxygens (including phenoxy) is 1. The van der Waals surface area contributed by atoms with Crippen LogP contribution in [0.15, 0.2) is 42.5 Å². The molecule has 2 rings (SSSR count). The number of hydrogen-bond donors (Lipinski definition) is 1. The van der Waals surface area contributed by atoms with Gasteiger partial charge in [-0.15, -0.1) is 0 Å². The number of halogens is 2. The predicted octanol–water partition coefficient (Wildman–Crippen LogP) is 4.58. The molecule has 0 aliphatic carbocycles. The summed E-state index contributed by atoms with van der Waals surface area (Å²) in [7, 11) is 0. The van der Waals surface area contributed by atoms with Crippen molar-refractivity contribution in [2.75, 3.05) is 13.2 Å². The van der Waals surface area contributed by atoms with Gasteiger partial charge in [-0.1, -0.05) is 42.8 Å². The van der Waals surface area contributed by atoms with Gasteiger partial charge < -0.3 is 10.1 Å². The Morgan fingerprint density at radius 1 is 1.19 bits per heavy atom. The van der Waals surface area contributed by atoms with Crippen LogP contribution in [0.3, 0.4) is 0 Å². The second-order valence-electron chi connectivity index (χ2n) is 4.64. The highest BCUT2D eigenvalue weighted by Crippen LogP contribution is 2.31. The lowest BCUT2D eigenvalue weighted by atomic mass is 9.97. The van der Waals surface area contributed by atoms with Crippen molar-refractivity contribution in [1.29, 1.82) is 0 Å². The van der Waals surface area contributed by atoms with E-state index >= 15 is 0 Å². The maximum Gasteiger partial charge on any atom is 0.141 e. The van der Waals surface area contributed by atoms with Crippen LogP contribution < -0.4 is 10.1 Å². The molecule has 2 nitrogen and oxygen atoms in total. The highest BCUT2D eigenvalue weighted by atomic mass is 35.5. The molecule has 0 fully saturated rings. The van der Waals surface area contributed by atoms with E-state index in [1.807, 2.05) is 38.1 Å². The predicted molar refractivity (Wildman–Crippen MR) is 84.5 cm³/mol. The molecule has 0 saturated heterocycles. The normalized spacial score (nSPS) is 12.2. The van der Waals surface area contributed by atoms with Gasteiger partial charge >= 0.3 is 0 Å². The lowest BCUT2D eigenvalue weighted by Crippen LogP contribution is -2.22. The van der Waals surface area contributed by atoms with Crippen molar-refractivity contribution in [2.45, 2.75) is 19.9 Å². The van der Waals surface area contributed by atoms with Crippen LogP contribution >= 0.6 is 11.6 Å². The second-order valence-corrected chi connectivity index (χ2v) is 5.04. The van der Waals surface area contributed by atoms with Gasteiger partial charge in [0, 0.05) is 5.56 Å². The van der Waals surface area contributed by atoms with Gasteiger partial charge in [-0.2, -0.15) is 0 Å². The highest BCUT2D eigenvalue weighted by Gasteiger charge is 2.18. The Labute approximate surface area is 129 Å². The molecular formula is C17H19ClFNO. The van der Waals surface area contributed by atoms with Gasteiger partial charge in [0.25, 0.3) is 0 Å². The summed E-state index contributed by atoms with van der Waals surface area (Å²) in [5.41, 5.74) is 1.93. The van der Waals surface area contributed by atoms with E-state index in [1.54, 1.807) is 12.1 Å². The van der Waals surface area contributed by atoms with Gasteiger partial charge in [0.05, 0.1) is 17.7 Å². The molecule has 4 heteroatoms. The van der Waals surface area contributed by atoms with Crippen LogP contribution in [0, 0.1) is 5.82 Å². The monoisotopic (exact) mass is 307 g/mol. The highest BCUT2D eigenvalue weighted by molar-refractivity contribution is 6.30. The Hall–Kier alpha value is -1.58. The summed E-state index contributed by atoms with van der Waals surface area (Å²) in [4.78, 5) is 0. The van der Waals surface area contributed by atoms with Gasteiger partial charge in [-0.25, -0.2) is 4.39 Å². The van der Waals surface area contributed by atoms with E-state index in [2.05, 4.69) is 5.32 Å². The molecule has 0 aromatic heterocycles. The maximum atomic E-state index is 13.4. The van der Waals surface area contributed by atoms with E-state index in [0.29, 0.717) is 6.61 Å². The molecule has 0 heterocycles. The van der Waals surface area contributed by atoms with Crippen molar-refractivity contribution >= 4 is 11.6 Å². The SMILES string of the molecule is CCNC(c1ccc(F)c(Cl)c1)c1ccccc1OCC. The zero-order chi connectivity index (χ0) is 15.2. The summed E-state index contributed by atoms with van der Waals surface area (Å²) in [6.07, 6.45) is 0. The van der Waals surface area contributed by atoms with Crippen molar-refractivity contribution in [3.8, 4) is 5.75 Å². The Morgan fingerprint density at radius 2 is 1.95 bits per heavy atom. The van der Waals surface area contributed by atoms with Gasteiger partial charge in [-0.3, -0.25) is 0 Å². The minimum Gasteiger partial charge on any atom is -0.494 e. The third-order valence-electron chi connectivity index (χ3n) is 3.22. The van der Waals surface area contributed by atoms with Crippen molar-refractivity contribution < 1.29 is 9.13 Å². The summed E-state index contributed by atoms with van der Waals surface area (Å²) in [6.45, 7) is 5.36. The van der Waals surface area contributed by atoms with Crippen LogP contribution in [0.1, 0.15) is 31.0 Å². The molecule has 0 amide bonds. The lowest BCUT2D eigenvalue weighted by molar-refractivity contribution is 0.333. The summed E-state index contributed by atoms with van der Waals surface area (Å²) < 4.78 is 19.1. The molecule has 1 unspecified atom stereocenters. The molecule has 21 heavy (non-hydrogen) atoms. The zero-order valence-electron chi connectivity index (χ0n) is 12.2. The zero-order valence-corrected chi connectivity index (χ0v) is 13.0. The molecule has 0 radical (unpaired) electrons. The standard InChI is InChI=1S/C17H19ClFNO/c1-3-20-17(12-9-10-15(19)14(18)11-12)13-7-5-6-8-16(13)21-4-2/h5-11,17,20H,3-4H2,1-2H3. The van der Waals surface area contributed by atoms with E-state index in [9.17, 15) is 4.39 Å². The van der Waals surface area contributed by atoms with E-state index in [-0.39, 0.29) is 11.1 Å². The Morgan fingerprint density at radius 3 is 2.62 bits per heavy atom. The minimum atomic E-state index is -0.409. The Kier molecular flexibility index (Phi) is 5.59. The lowest BCUT2D eigenvalue weighted by Gasteiger charge is -2.22. The Bertz CT molecular complexity index is 603. The van der Waals surface area contributed by atoms with Crippen molar-refractivity contribution in [1.82, 2.24) is 5.32 Å². The minimum absolute atomic E-state index is 0.0872. The smallest absolute Gasteiger partial charge is 0.141 e. The van der Waals surface area contributed by atoms with Crippen molar-refractivity contribution in [2.24, 2.45) is 0 Å². The van der Waals surface area contributed by atoms with Gasteiger partial charge in [-0.05, 0) is 37.2 Å². The van der Waals surface area contributed by atoms with Crippen LogP contribution in [-0.4, -0.2) is 13.2 Å². The molecule has 0 spiro atoms. The van der Waals surface area contributed by atoms with Crippen LogP contribution in [0.2, 0.25) is 5.02 Å². The molecule has 2 aromatic rings. The van der Waals surface area contributed by atoms with Gasteiger partial charge in [0.15, 0.2) is 0 Å². The van der Waals surface area contributed by atoms with Crippen LogP contribution in [0.25, 0.3) is 0 Å². The number of hydrogen-bond acceptors (Lipinski definition) is 2. The molecule has 2 aromatic carbocycles. The third kappa shape index (κ3) is 3.74. The first-order valence-corrected chi connectivity index (χ1v) is 7.45. The first-order valence-electron chi connectivity index (χ1n) is 7.07. The molecule has 0 saturated carbocycles. The van der Waals surface area contributed by atoms with Crippen LogP contribution in [0.4, 0.5) is 4.39 Å². The van der Waals surface area contributed by atoms with Crippen LogP contribution in [-0.2, 0) is 0 Å². The number of rotatable bonds is 6. The second kappa shape index (κ2) is 7.43.